The Morgan fingerprint density at radius 1 is 1.20 bits per heavy atom. The third-order valence-electron chi connectivity index (χ3n) is 3.52. The number of carbonyl (C=O) groups excluding carboxylic acids is 1. The normalized spacial score (nSPS) is 11.1. The molecule has 6 nitrogen and oxygen atoms in total. The molecule has 0 unspecified atom stereocenters. The van der Waals surface area contributed by atoms with Crippen molar-refractivity contribution in [3.05, 3.63) is 59.7 Å². The number of nitrogens with two attached hydrogens (primary N) is 1. The van der Waals surface area contributed by atoms with Crippen molar-refractivity contribution in [2.24, 2.45) is 10.7 Å². The Morgan fingerprint density at radius 3 is 2.60 bits per heavy atom. The fourth-order valence-corrected chi connectivity index (χ4v) is 2.01. The van der Waals surface area contributed by atoms with E-state index in [1.54, 1.807) is 14.1 Å². The standard InChI is InChI=1S/C19H24N4O2/c1-14-7-9-16(10-8-14)22-19(20)21-12-15-5-4-6-17(11-15)25-13-18(24)23(2)3/h4-11H,12-13H2,1-3H3,(H3,20,21,22). The Labute approximate surface area is 148 Å². The van der Waals surface area contributed by atoms with Crippen LogP contribution in [0.1, 0.15) is 11.1 Å². The van der Waals surface area contributed by atoms with Gasteiger partial charge in [0.05, 0.1) is 6.54 Å². The van der Waals surface area contributed by atoms with Crippen LogP contribution >= 0.6 is 0 Å². The Hall–Kier alpha value is -3.02. The maximum Gasteiger partial charge on any atom is 0.259 e. The molecule has 3 N–H and O–H groups in total. The lowest BCUT2D eigenvalue weighted by Crippen LogP contribution is -2.27. The van der Waals surface area contributed by atoms with Gasteiger partial charge in [-0.1, -0.05) is 29.8 Å². The van der Waals surface area contributed by atoms with Gasteiger partial charge in [0.15, 0.2) is 12.6 Å². The molecule has 0 saturated heterocycles. The molecule has 0 saturated carbocycles. The summed E-state index contributed by atoms with van der Waals surface area (Å²) < 4.78 is 5.50. The van der Waals surface area contributed by atoms with Crippen LogP contribution in [-0.4, -0.2) is 37.5 Å². The van der Waals surface area contributed by atoms with Crippen LogP contribution < -0.4 is 15.8 Å². The Kier molecular flexibility index (Phi) is 6.39. The summed E-state index contributed by atoms with van der Waals surface area (Å²) in [5, 5.41) is 3.05. The molecule has 0 bridgehead atoms. The number of hydrogen-bond donors (Lipinski definition) is 2. The van der Waals surface area contributed by atoms with Crippen molar-refractivity contribution in [1.82, 2.24) is 4.90 Å². The number of anilines is 1. The largest absolute Gasteiger partial charge is 0.484 e. The second-order valence-electron chi connectivity index (χ2n) is 5.92. The average Bonchev–Trinajstić information content (AvgIpc) is 2.60. The lowest BCUT2D eigenvalue weighted by Gasteiger charge is -2.11. The van der Waals surface area contributed by atoms with Crippen LogP contribution in [0.4, 0.5) is 5.69 Å². The van der Waals surface area contributed by atoms with Crippen molar-refractivity contribution in [2.45, 2.75) is 13.5 Å². The van der Waals surface area contributed by atoms with Crippen LogP contribution in [0.5, 0.6) is 5.75 Å². The highest BCUT2D eigenvalue weighted by Crippen LogP contribution is 2.14. The van der Waals surface area contributed by atoms with Gasteiger partial charge in [0.25, 0.3) is 5.91 Å². The molecule has 0 atom stereocenters. The van der Waals surface area contributed by atoms with E-state index < -0.39 is 0 Å². The first-order chi connectivity index (χ1) is 11.9. The third-order valence-corrected chi connectivity index (χ3v) is 3.52. The predicted molar refractivity (Wildman–Crippen MR) is 101 cm³/mol. The second kappa shape index (κ2) is 8.73. The number of hydrogen-bond acceptors (Lipinski definition) is 3. The molecular formula is C19H24N4O2. The van der Waals surface area contributed by atoms with Gasteiger partial charge in [-0.15, -0.1) is 0 Å². The Bertz CT molecular complexity index is 739. The van der Waals surface area contributed by atoms with Crippen LogP contribution in [0, 0.1) is 6.92 Å². The summed E-state index contributed by atoms with van der Waals surface area (Å²) >= 11 is 0. The summed E-state index contributed by atoms with van der Waals surface area (Å²) in [7, 11) is 3.39. The van der Waals surface area contributed by atoms with Crippen LogP contribution in [0.2, 0.25) is 0 Å². The van der Waals surface area contributed by atoms with E-state index in [1.165, 1.54) is 10.5 Å². The van der Waals surface area contributed by atoms with Crippen LogP contribution in [0.15, 0.2) is 53.5 Å². The van der Waals surface area contributed by atoms with E-state index in [-0.39, 0.29) is 12.5 Å². The quantitative estimate of drug-likeness (QED) is 0.625. The van der Waals surface area contributed by atoms with Crippen molar-refractivity contribution in [3.8, 4) is 5.75 Å². The fourth-order valence-electron chi connectivity index (χ4n) is 2.01. The number of nitrogens with one attached hydrogen (secondary N) is 1. The third kappa shape index (κ3) is 6.18. The zero-order chi connectivity index (χ0) is 18.2. The molecule has 0 aromatic heterocycles. The van der Waals surface area contributed by atoms with Gasteiger partial charge in [-0.05, 0) is 36.8 Å². The van der Waals surface area contributed by atoms with Gasteiger partial charge >= 0.3 is 0 Å². The lowest BCUT2D eigenvalue weighted by molar-refractivity contribution is -0.130. The number of amides is 1. The van der Waals surface area contributed by atoms with Gasteiger partial charge in [0.2, 0.25) is 0 Å². The van der Waals surface area contributed by atoms with Crippen LogP contribution in [0.25, 0.3) is 0 Å². The SMILES string of the molecule is Cc1ccc(NC(N)=NCc2cccc(OCC(=O)N(C)C)c2)cc1. The molecule has 0 spiro atoms. The van der Waals surface area contributed by atoms with E-state index in [4.69, 9.17) is 10.5 Å². The maximum atomic E-state index is 11.6. The van der Waals surface area contributed by atoms with Crippen molar-refractivity contribution in [2.75, 3.05) is 26.0 Å². The summed E-state index contributed by atoms with van der Waals surface area (Å²) in [6.45, 7) is 2.46. The molecule has 6 heteroatoms. The number of rotatable bonds is 6. The first kappa shape index (κ1) is 18.3. The summed E-state index contributed by atoms with van der Waals surface area (Å²) in [6.07, 6.45) is 0. The number of likely N-dealkylation sites (N-methyl/N-ethyl adjacent to an activating group) is 1. The number of aliphatic imine (C=N–C) groups is 1. The summed E-state index contributed by atoms with van der Waals surface area (Å²) in [4.78, 5) is 17.4. The number of ether oxygens (including phenoxy) is 1. The van der Waals surface area contributed by atoms with E-state index in [9.17, 15) is 4.79 Å². The zero-order valence-corrected chi connectivity index (χ0v) is 14.8. The molecular weight excluding hydrogens is 316 g/mol. The van der Waals surface area contributed by atoms with Gasteiger partial charge in [-0.25, -0.2) is 4.99 Å². The molecule has 0 aliphatic rings. The molecule has 0 radical (unpaired) electrons. The van der Waals surface area contributed by atoms with Gasteiger partial charge in [0, 0.05) is 19.8 Å². The lowest BCUT2D eigenvalue weighted by atomic mass is 10.2. The van der Waals surface area contributed by atoms with Crippen LogP contribution in [0.3, 0.4) is 0 Å². The van der Waals surface area contributed by atoms with Crippen molar-refractivity contribution < 1.29 is 9.53 Å². The highest BCUT2D eigenvalue weighted by molar-refractivity contribution is 5.92. The molecule has 25 heavy (non-hydrogen) atoms. The van der Waals surface area contributed by atoms with Crippen molar-refractivity contribution in [1.29, 1.82) is 0 Å². The highest BCUT2D eigenvalue weighted by Gasteiger charge is 2.05. The van der Waals surface area contributed by atoms with Gasteiger partial charge in [-0.2, -0.15) is 0 Å². The van der Waals surface area contributed by atoms with E-state index >= 15 is 0 Å². The minimum atomic E-state index is -0.0880. The van der Waals surface area contributed by atoms with E-state index in [1.807, 2.05) is 55.5 Å². The molecule has 2 rings (SSSR count). The molecule has 2 aromatic rings. The summed E-state index contributed by atoms with van der Waals surface area (Å²) in [6, 6.07) is 15.4. The first-order valence-electron chi connectivity index (χ1n) is 7.99. The van der Waals surface area contributed by atoms with Gasteiger partial charge in [0.1, 0.15) is 5.75 Å². The van der Waals surface area contributed by atoms with Crippen LogP contribution in [-0.2, 0) is 11.3 Å². The Morgan fingerprint density at radius 2 is 1.92 bits per heavy atom. The monoisotopic (exact) mass is 340 g/mol. The zero-order valence-electron chi connectivity index (χ0n) is 14.8. The Balaban J connectivity index is 1.92. The van der Waals surface area contributed by atoms with E-state index in [2.05, 4.69) is 10.3 Å². The number of benzene rings is 2. The van der Waals surface area contributed by atoms with Crippen molar-refractivity contribution in [3.63, 3.8) is 0 Å². The average molecular weight is 340 g/mol. The number of nitrogens with zero attached hydrogens (tertiary/aromatic N) is 2. The molecule has 1 amide bonds. The molecule has 0 aliphatic carbocycles. The molecule has 2 aromatic carbocycles. The van der Waals surface area contributed by atoms with Gasteiger partial charge < -0.3 is 20.7 Å². The molecule has 0 aliphatic heterocycles. The molecule has 0 fully saturated rings. The van der Waals surface area contributed by atoms with E-state index in [0.29, 0.717) is 18.3 Å². The smallest absolute Gasteiger partial charge is 0.259 e. The van der Waals surface area contributed by atoms with Crippen molar-refractivity contribution >= 4 is 17.6 Å². The number of carbonyl (C=O) groups is 1. The summed E-state index contributed by atoms with van der Waals surface area (Å²) in [5.74, 6) is 0.890. The molecule has 0 heterocycles. The highest BCUT2D eigenvalue weighted by atomic mass is 16.5. The maximum absolute atomic E-state index is 11.6. The number of aryl methyl sites for hydroxylation is 1. The minimum absolute atomic E-state index is 0.0108. The topological polar surface area (TPSA) is 80.0 Å². The fraction of sp³-hybridized carbons (Fsp3) is 0.263. The molecule has 132 valence electrons. The summed E-state index contributed by atoms with van der Waals surface area (Å²) in [5.41, 5.74) is 8.95. The first-order valence-corrected chi connectivity index (χ1v) is 7.99. The number of guanidine groups is 1. The second-order valence-corrected chi connectivity index (χ2v) is 5.92. The predicted octanol–water partition coefficient (Wildman–Crippen LogP) is 2.39. The van der Waals surface area contributed by atoms with Gasteiger partial charge in [-0.3, -0.25) is 4.79 Å². The van der Waals surface area contributed by atoms with E-state index in [0.717, 1.165) is 11.3 Å². The minimum Gasteiger partial charge on any atom is -0.484 e.